The van der Waals surface area contributed by atoms with E-state index in [1.54, 1.807) is 5.32 Å². The van der Waals surface area contributed by atoms with E-state index in [9.17, 15) is 22.4 Å². The molecule has 2 aromatic rings. The number of amides is 1. The molecule has 8 heteroatoms. The van der Waals surface area contributed by atoms with E-state index >= 15 is 0 Å². The van der Waals surface area contributed by atoms with Crippen LogP contribution in [-0.4, -0.2) is 5.91 Å². The van der Waals surface area contributed by atoms with Gasteiger partial charge in [0.05, 0.1) is 5.56 Å². The molecule has 0 saturated heterocycles. The van der Waals surface area contributed by atoms with Crippen molar-refractivity contribution in [3.05, 3.63) is 58.1 Å². The highest BCUT2D eigenvalue weighted by Gasteiger charge is 2.22. The maximum Gasteiger partial charge on any atom is 0.257 e. The molecule has 0 aliphatic heterocycles. The van der Waals surface area contributed by atoms with Gasteiger partial charge < -0.3 is 11.1 Å². The lowest BCUT2D eigenvalue weighted by molar-refractivity contribution is 0.102. The molecule has 0 aliphatic rings. The maximum atomic E-state index is 13.4. The largest absolute Gasteiger partial charge is 0.398 e. The minimum Gasteiger partial charge on any atom is -0.398 e. The number of benzene rings is 2. The van der Waals surface area contributed by atoms with Gasteiger partial charge in [-0.3, -0.25) is 4.79 Å². The standard InChI is InChI=1S/C13H7ClF4N2O/c14-5-1-2-9(19)6(3-5)13(21)20-12-10(17)7(15)4-8(16)11(12)18/h1-4H,19H2,(H,20,21). The summed E-state index contributed by atoms with van der Waals surface area (Å²) < 4.78 is 53.0. The summed E-state index contributed by atoms with van der Waals surface area (Å²) in [6.45, 7) is 0. The number of hydrogen-bond acceptors (Lipinski definition) is 2. The Morgan fingerprint density at radius 2 is 1.62 bits per heavy atom. The highest BCUT2D eigenvalue weighted by atomic mass is 35.5. The predicted molar refractivity (Wildman–Crippen MR) is 70.1 cm³/mol. The lowest BCUT2D eigenvalue weighted by Gasteiger charge is -2.10. The normalized spacial score (nSPS) is 10.5. The van der Waals surface area contributed by atoms with Gasteiger partial charge in [0.1, 0.15) is 5.69 Å². The Balaban J connectivity index is 2.43. The number of carbonyl (C=O) groups excluding carboxylic acids is 1. The highest BCUT2D eigenvalue weighted by Crippen LogP contribution is 2.26. The monoisotopic (exact) mass is 318 g/mol. The van der Waals surface area contributed by atoms with Crippen LogP contribution in [0.25, 0.3) is 0 Å². The average molecular weight is 319 g/mol. The zero-order valence-electron chi connectivity index (χ0n) is 10.2. The van der Waals surface area contributed by atoms with Crippen LogP contribution in [0.4, 0.5) is 28.9 Å². The summed E-state index contributed by atoms with van der Waals surface area (Å²) in [4.78, 5) is 11.9. The molecule has 21 heavy (non-hydrogen) atoms. The number of nitrogens with two attached hydrogens (primary N) is 1. The fourth-order valence-electron chi connectivity index (χ4n) is 1.59. The summed E-state index contributed by atoms with van der Waals surface area (Å²) in [5.74, 6) is -7.77. The van der Waals surface area contributed by atoms with Crippen molar-refractivity contribution < 1.29 is 22.4 Å². The molecule has 0 spiro atoms. The van der Waals surface area contributed by atoms with Gasteiger partial charge in [0.15, 0.2) is 23.3 Å². The number of nitrogen functional groups attached to an aromatic ring is 1. The van der Waals surface area contributed by atoms with Crippen molar-refractivity contribution in [3.63, 3.8) is 0 Å². The summed E-state index contributed by atoms with van der Waals surface area (Å²) in [7, 11) is 0. The molecule has 110 valence electrons. The average Bonchev–Trinajstić information content (AvgIpc) is 2.43. The van der Waals surface area contributed by atoms with E-state index in [0.717, 1.165) is 6.07 Å². The second kappa shape index (κ2) is 5.61. The second-order valence-corrected chi connectivity index (χ2v) is 4.47. The van der Waals surface area contributed by atoms with Crippen LogP contribution in [0, 0.1) is 23.3 Å². The topological polar surface area (TPSA) is 55.1 Å². The molecular weight excluding hydrogens is 312 g/mol. The van der Waals surface area contributed by atoms with E-state index in [-0.39, 0.29) is 22.3 Å². The van der Waals surface area contributed by atoms with Gasteiger partial charge in [-0.1, -0.05) is 11.6 Å². The molecule has 0 atom stereocenters. The van der Waals surface area contributed by atoms with Crippen molar-refractivity contribution >= 4 is 28.9 Å². The van der Waals surface area contributed by atoms with Gasteiger partial charge in [0.25, 0.3) is 5.91 Å². The van der Waals surface area contributed by atoms with E-state index in [2.05, 4.69) is 0 Å². The number of anilines is 2. The van der Waals surface area contributed by atoms with E-state index < -0.39 is 34.9 Å². The van der Waals surface area contributed by atoms with Gasteiger partial charge in [0, 0.05) is 16.8 Å². The first-order valence-electron chi connectivity index (χ1n) is 5.50. The Morgan fingerprint density at radius 1 is 1.05 bits per heavy atom. The van der Waals surface area contributed by atoms with Crippen LogP contribution in [0.15, 0.2) is 24.3 Å². The van der Waals surface area contributed by atoms with Crippen LogP contribution in [-0.2, 0) is 0 Å². The van der Waals surface area contributed by atoms with Crippen LogP contribution in [0.1, 0.15) is 10.4 Å². The van der Waals surface area contributed by atoms with Gasteiger partial charge in [-0.2, -0.15) is 0 Å². The van der Waals surface area contributed by atoms with Crippen LogP contribution < -0.4 is 11.1 Å². The van der Waals surface area contributed by atoms with Crippen LogP contribution >= 0.6 is 11.6 Å². The zero-order valence-corrected chi connectivity index (χ0v) is 10.9. The number of hydrogen-bond donors (Lipinski definition) is 2. The molecule has 3 N–H and O–H groups in total. The molecule has 0 aliphatic carbocycles. The number of nitrogens with one attached hydrogen (secondary N) is 1. The maximum absolute atomic E-state index is 13.4. The molecule has 3 nitrogen and oxygen atoms in total. The van der Waals surface area contributed by atoms with Gasteiger partial charge in [0.2, 0.25) is 0 Å². The first kappa shape index (κ1) is 15.1. The summed E-state index contributed by atoms with van der Waals surface area (Å²) in [5, 5.41) is 1.89. The predicted octanol–water partition coefficient (Wildman–Crippen LogP) is 3.73. The molecule has 2 rings (SSSR count). The number of carbonyl (C=O) groups is 1. The third-order valence-electron chi connectivity index (χ3n) is 2.61. The smallest absolute Gasteiger partial charge is 0.257 e. The van der Waals surface area contributed by atoms with Crippen molar-refractivity contribution in [1.82, 2.24) is 0 Å². The minimum atomic E-state index is -1.72. The van der Waals surface area contributed by atoms with E-state index in [1.807, 2.05) is 0 Å². The Kier molecular flexibility index (Phi) is 4.04. The molecule has 0 unspecified atom stereocenters. The molecule has 0 bridgehead atoms. The van der Waals surface area contributed by atoms with Crippen molar-refractivity contribution in [2.24, 2.45) is 0 Å². The molecule has 0 radical (unpaired) electrons. The van der Waals surface area contributed by atoms with Crippen molar-refractivity contribution in [1.29, 1.82) is 0 Å². The van der Waals surface area contributed by atoms with Gasteiger partial charge in [-0.15, -0.1) is 0 Å². The van der Waals surface area contributed by atoms with Gasteiger partial charge in [-0.25, -0.2) is 17.6 Å². The highest BCUT2D eigenvalue weighted by molar-refractivity contribution is 6.31. The zero-order chi connectivity index (χ0) is 15.7. The molecule has 0 saturated carbocycles. The molecule has 0 fully saturated rings. The van der Waals surface area contributed by atoms with Gasteiger partial charge >= 0.3 is 0 Å². The number of rotatable bonds is 2. The Bertz CT molecular complexity index is 710. The van der Waals surface area contributed by atoms with E-state index in [0.29, 0.717) is 0 Å². The molecule has 2 aromatic carbocycles. The first-order chi connectivity index (χ1) is 9.81. The summed E-state index contributed by atoms with van der Waals surface area (Å²) in [6, 6.07) is 3.89. The SMILES string of the molecule is Nc1ccc(Cl)cc1C(=O)Nc1c(F)c(F)cc(F)c1F. The van der Waals surface area contributed by atoms with Crippen LogP contribution in [0.5, 0.6) is 0 Å². The van der Waals surface area contributed by atoms with Crippen molar-refractivity contribution in [2.45, 2.75) is 0 Å². The second-order valence-electron chi connectivity index (χ2n) is 4.03. The quantitative estimate of drug-likeness (QED) is 0.503. The van der Waals surface area contributed by atoms with Gasteiger partial charge in [-0.05, 0) is 18.2 Å². The lowest BCUT2D eigenvalue weighted by atomic mass is 10.1. The Hall–Kier alpha value is -2.28. The molecule has 0 heterocycles. The molecule has 1 amide bonds. The van der Waals surface area contributed by atoms with Crippen molar-refractivity contribution in [2.75, 3.05) is 11.1 Å². The Labute approximate surface area is 121 Å². The van der Waals surface area contributed by atoms with Crippen LogP contribution in [0.3, 0.4) is 0 Å². The van der Waals surface area contributed by atoms with E-state index in [4.69, 9.17) is 17.3 Å². The third-order valence-corrected chi connectivity index (χ3v) is 2.85. The fraction of sp³-hybridized carbons (Fsp3) is 0. The van der Waals surface area contributed by atoms with Crippen LogP contribution in [0.2, 0.25) is 5.02 Å². The summed E-state index contributed by atoms with van der Waals surface area (Å²) in [6.07, 6.45) is 0. The summed E-state index contributed by atoms with van der Waals surface area (Å²) >= 11 is 5.67. The molecule has 0 aromatic heterocycles. The molecular formula is C13H7ClF4N2O. The van der Waals surface area contributed by atoms with E-state index in [1.165, 1.54) is 12.1 Å². The van der Waals surface area contributed by atoms with Crippen molar-refractivity contribution in [3.8, 4) is 0 Å². The Morgan fingerprint density at radius 3 is 2.19 bits per heavy atom. The minimum absolute atomic E-state index is 0.0189. The summed E-state index contributed by atoms with van der Waals surface area (Å²) in [5.41, 5.74) is 4.08. The first-order valence-corrected chi connectivity index (χ1v) is 5.88. The lowest BCUT2D eigenvalue weighted by Crippen LogP contribution is -2.17. The number of halogens is 5. The fourth-order valence-corrected chi connectivity index (χ4v) is 1.76. The third kappa shape index (κ3) is 2.92.